The topological polar surface area (TPSA) is 74.3 Å². The normalized spacial score (nSPS) is 14.4. The Morgan fingerprint density at radius 2 is 1.89 bits per heavy atom. The van der Waals surface area contributed by atoms with Crippen LogP contribution < -0.4 is 0 Å². The van der Waals surface area contributed by atoms with Crippen LogP contribution in [-0.4, -0.2) is 34.7 Å². The summed E-state index contributed by atoms with van der Waals surface area (Å²) >= 11 is 18.0. The summed E-state index contributed by atoms with van der Waals surface area (Å²) in [5, 5.41) is 21.4. The van der Waals surface area contributed by atoms with E-state index in [1.807, 2.05) is 41.1 Å². The van der Waals surface area contributed by atoms with Gasteiger partial charge in [0.05, 0.1) is 22.9 Å². The van der Waals surface area contributed by atoms with Crippen molar-refractivity contribution in [1.82, 2.24) is 34.7 Å². The summed E-state index contributed by atoms with van der Waals surface area (Å²) in [4.78, 5) is 4.13. The predicted octanol–water partition coefficient (Wildman–Crippen LogP) is 6.82. The van der Waals surface area contributed by atoms with E-state index in [9.17, 15) is 0 Å². The highest BCUT2D eigenvalue weighted by Crippen LogP contribution is 2.49. The van der Waals surface area contributed by atoms with Crippen molar-refractivity contribution in [3.05, 3.63) is 80.2 Å². The third kappa shape index (κ3) is 4.31. The summed E-state index contributed by atoms with van der Waals surface area (Å²) in [5.41, 5.74) is 4.41. The Morgan fingerprint density at radius 3 is 2.57 bits per heavy atom. The van der Waals surface area contributed by atoms with Crippen molar-refractivity contribution in [2.45, 2.75) is 31.7 Å². The van der Waals surface area contributed by atoms with E-state index in [0.29, 0.717) is 16.6 Å². The fraction of sp³-hybridized carbons (Fsp3) is 0.208. The molecular formula is C24H18BrCl2N7S. The zero-order chi connectivity index (χ0) is 24.2. The molecule has 3 heterocycles. The molecule has 1 aliphatic rings. The van der Waals surface area contributed by atoms with Crippen molar-refractivity contribution in [2.75, 3.05) is 0 Å². The summed E-state index contributed by atoms with van der Waals surface area (Å²) < 4.78 is 4.63. The maximum atomic E-state index is 6.67. The molecule has 0 radical (unpaired) electrons. The van der Waals surface area contributed by atoms with Gasteiger partial charge >= 0.3 is 0 Å². The molecule has 176 valence electrons. The molecule has 1 saturated carbocycles. The minimum atomic E-state index is 0.124. The molecule has 1 fully saturated rings. The first-order valence-corrected chi connectivity index (χ1v) is 13.3. The van der Waals surface area contributed by atoms with Gasteiger partial charge in [0.25, 0.3) is 0 Å². The highest BCUT2D eigenvalue weighted by atomic mass is 79.9. The first-order chi connectivity index (χ1) is 16.9. The van der Waals surface area contributed by atoms with Crippen LogP contribution in [0.25, 0.3) is 27.6 Å². The van der Waals surface area contributed by atoms with Crippen LogP contribution in [0.2, 0.25) is 10.0 Å². The second kappa shape index (κ2) is 8.81. The molecule has 35 heavy (non-hydrogen) atoms. The third-order valence-corrected chi connectivity index (χ3v) is 8.47. The van der Waals surface area contributed by atoms with Gasteiger partial charge in [-0.1, -0.05) is 69.5 Å². The van der Waals surface area contributed by atoms with Crippen molar-refractivity contribution in [1.29, 1.82) is 0 Å². The van der Waals surface area contributed by atoms with Crippen LogP contribution in [-0.2, 0) is 12.0 Å². The molecule has 0 atom stereocenters. The number of benzene rings is 2. The summed E-state index contributed by atoms with van der Waals surface area (Å²) in [7, 11) is 0. The van der Waals surface area contributed by atoms with Gasteiger partial charge in [-0.2, -0.15) is 10.2 Å². The molecule has 0 amide bonds. The average Bonchev–Trinajstić information content (AvgIpc) is 3.25. The standard InChI is InChI=1S/C24H18BrCl2N7S/c1-24(8-9-24)23-31-30-22(35-23)20-17(11-33-13-28-12-29-33)21(14-2-4-15(25)5-3-14)34(32-20)19-7-6-16(26)10-18(19)27/h2-7,10,12-13H,8-9,11H2,1H3. The SMILES string of the molecule is CC1(c2nnc(-c3nn(-c4ccc(Cl)cc4Cl)c(-c4ccc(Br)cc4)c3Cn3cncn3)s2)CC1. The van der Waals surface area contributed by atoms with Crippen molar-refractivity contribution in [3.8, 4) is 27.6 Å². The van der Waals surface area contributed by atoms with E-state index in [1.165, 1.54) is 6.33 Å². The molecule has 0 spiro atoms. The van der Waals surface area contributed by atoms with Crippen LogP contribution in [0.5, 0.6) is 0 Å². The van der Waals surface area contributed by atoms with Gasteiger partial charge in [0.1, 0.15) is 23.4 Å². The Hall–Kier alpha value is -2.59. The van der Waals surface area contributed by atoms with Gasteiger partial charge in [-0.25, -0.2) is 14.3 Å². The second-order valence-electron chi connectivity index (χ2n) is 8.76. The molecule has 7 nitrogen and oxygen atoms in total. The van der Waals surface area contributed by atoms with Crippen LogP contribution >= 0.6 is 50.5 Å². The number of nitrogens with zero attached hydrogens (tertiary/aromatic N) is 7. The first-order valence-electron chi connectivity index (χ1n) is 10.9. The molecule has 0 aliphatic heterocycles. The fourth-order valence-corrected chi connectivity index (χ4v) is 5.75. The van der Waals surface area contributed by atoms with Crippen LogP contribution in [0.15, 0.2) is 59.6 Å². The minimum absolute atomic E-state index is 0.124. The van der Waals surface area contributed by atoms with Gasteiger partial charge in [-0.3, -0.25) is 0 Å². The molecule has 6 rings (SSSR count). The van der Waals surface area contributed by atoms with Crippen molar-refractivity contribution < 1.29 is 0 Å². The maximum absolute atomic E-state index is 6.67. The van der Waals surface area contributed by atoms with E-state index in [1.54, 1.807) is 28.4 Å². The van der Waals surface area contributed by atoms with Crippen molar-refractivity contribution in [3.63, 3.8) is 0 Å². The molecule has 5 aromatic rings. The number of rotatable bonds is 6. The van der Waals surface area contributed by atoms with Crippen LogP contribution in [0.4, 0.5) is 0 Å². The summed E-state index contributed by atoms with van der Waals surface area (Å²) in [6.45, 7) is 2.69. The lowest BCUT2D eigenvalue weighted by molar-refractivity contribution is 0.686. The Morgan fingerprint density at radius 1 is 1.09 bits per heavy atom. The van der Waals surface area contributed by atoms with Gasteiger partial charge < -0.3 is 0 Å². The third-order valence-electron chi connectivity index (χ3n) is 6.17. The molecule has 0 bridgehead atoms. The zero-order valence-corrected chi connectivity index (χ0v) is 22.4. The lowest BCUT2D eigenvalue weighted by atomic mass is 10.1. The highest BCUT2D eigenvalue weighted by Gasteiger charge is 2.43. The number of halogens is 3. The lowest BCUT2D eigenvalue weighted by Gasteiger charge is -2.12. The zero-order valence-electron chi connectivity index (χ0n) is 18.5. The molecule has 0 N–H and O–H groups in total. The first kappa shape index (κ1) is 22.8. The molecule has 3 aromatic heterocycles. The van der Waals surface area contributed by atoms with E-state index in [-0.39, 0.29) is 5.41 Å². The second-order valence-corrected chi connectivity index (χ2v) is 11.5. The van der Waals surface area contributed by atoms with Crippen LogP contribution in [0, 0.1) is 0 Å². The van der Waals surface area contributed by atoms with E-state index < -0.39 is 0 Å². The van der Waals surface area contributed by atoms with E-state index in [4.69, 9.17) is 28.3 Å². The fourth-order valence-electron chi connectivity index (χ4n) is 3.94. The number of hydrogen-bond donors (Lipinski definition) is 0. The summed E-state index contributed by atoms with van der Waals surface area (Å²) in [6, 6.07) is 13.5. The molecule has 0 saturated heterocycles. The predicted molar refractivity (Wildman–Crippen MR) is 141 cm³/mol. The molecular weight excluding hydrogens is 569 g/mol. The molecule has 0 unspecified atom stereocenters. The maximum Gasteiger partial charge on any atom is 0.168 e. The van der Waals surface area contributed by atoms with Crippen LogP contribution in [0.3, 0.4) is 0 Å². The van der Waals surface area contributed by atoms with E-state index >= 15 is 0 Å². The number of hydrogen-bond acceptors (Lipinski definition) is 6. The van der Waals surface area contributed by atoms with Crippen LogP contribution in [0.1, 0.15) is 30.3 Å². The van der Waals surface area contributed by atoms with Gasteiger partial charge in [0.2, 0.25) is 0 Å². The summed E-state index contributed by atoms with van der Waals surface area (Å²) in [6.07, 6.45) is 5.48. The molecule has 2 aromatic carbocycles. The van der Waals surface area contributed by atoms with Gasteiger partial charge in [-0.15, -0.1) is 10.2 Å². The van der Waals surface area contributed by atoms with E-state index in [0.717, 1.165) is 55.5 Å². The largest absolute Gasteiger partial charge is 0.248 e. The Kier molecular flexibility index (Phi) is 5.75. The molecule has 11 heteroatoms. The quantitative estimate of drug-likeness (QED) is 0.218. The number of aromatic nitrogens is 7. The van der Waals surface area contributed by atoms with Gasteiger partial charge in [0.15, 0.2) is 5.01 Å². The highest BCUT2D eigenvalue weighted by molar-refractivity contribution is 9.10. The minimum Gasteiger partial charge on any atom is -0.248 e. The summed E-state index contributed by atoms with van der Waals surface area (Å²) in [5.74, 6) is 0. The van der Waals surface area contributed by atoms with Gasteiger partial charge in [0, 0.05) is 26.0 Å². The Balaban J connectivity index is 1.61. The Bertz CT molecular complexity index is 1520. The monoisotopic (exact) mass is 585 g/mol. The van der Waals surface area contributed by atoms with E-state index in [2.05, 4.69) is 43.1 Å². The van der Waals surface area contributed by atoms with Gasteiger partial charge in [-0.05, 0) is 43.2 Å². The molecule has 1 aliphatic carbocycles. The average molecular weight is 587 g/mol. The smallest absolute Gasteiger partial charge is 0.168 e. The van der Waals surface area contributed by atoms with Crippen molar-refractivity contribution >= 4 is 50.5 Å². The Labute approximate surface area is 223 Å². The lowest BCUT2D eigenvalue weighted by Crippen LogP contribution is -2.04. The van der Waals surface area contributed by atoms with Crippen molar-refractivity contribution in [2.24, 2.45) is 0 Å².